The van der Waals surface area contributed by atoms with E-state index in [4.69, 9.17) is 11.6 Å². The van der Waals surface area contributed by atoms with Crippen LogP contribution in [-0.2, 0) is 0 Å². The first kappa shape index (κ1) is 17.5. The minimum Gasteiger partial charge on any atom is -0.363 e. The number of aromatic nitrogens is 2. The number of rotatable bonds is 3. The van der Waals surface area contributed by atoms with Gasteiger partial charge >= 0.3 is 0 Å². The first-order valence-electron chi connectivity index (χ1n) is 8.27. The van der Waals surface area contributed by atoms with E-state index in [2.05, 4.69) is 14.9 Å². The van der Waals surface area contributed by atoms with Crippen LogP contribution in [0, 0.1) is 6.92 Å². The van der Waals surface area contributed by atoms with Crippen LogP contribution in [0.2, 0.25) is 5.02 Å². The molecule has 0 atom stereocenters. The number of carbonyl (C=O) groups is 1. The van der Waals surface area contributed by atoms with Crippen LogP contribution in [0.4, 0.5) is 11.8 Å². The lowest BCUT2D eigenvalue weighted by atomic mass is 10.2. The molecule has 2 heterocycles. The first-order valence-corrected chi connectivity index (χ1v) is 8.64. The van der Waals surface area contributed by atoms with E-state index < -0.39 is 0 Å². The van der Waals surface area contributed by atoms with Crippen molar-refractivity contribution in [3.63, 3.8) is 0 Å². The number of amides is 1. The average molecular weight is 360 g/mol. The van der Waals surface area contributed by atoms with Crippen LogP contribution in [0.5, 0.6) is 0 Å². The normalized spacial score (nSPS) is 14.6. The molecule has 1 amide bonds. The number of benzene rings is 1. The Labute approximate surface area is 153 Å². The van der Waals surface area contributed by atoms with Gasteiger partial charge in [0.25, 0.3) is 5.91 Å². The Hall–Kier alpha value is -2.34. The standard InChI is InChI=1S/C18H22ClN5O/c1-13-12-16(22(2)3)21-18(20-13)24-10-8-23(9-11-24)17(25)14-4-6-15(19)7-5-14/h4-7,12H,8-11H2,1-3H3. The van der Waals surface area contributed by atoms with Gasteiger partial charge in [-0.3, -0.25) is 4.79 Å². The largest absolute Gasteiger partial charge is 0.363 e. The maximum Gasteiger partial charge on any atom is 0.253 e. The monoisotopic (exact) mass is 359 g/mol. The van der Waals surface area contributed by atoms with Crippen LogP contribution in [0.25, 0.3) is 0 Å². The highest BCUT2D eigenvalue weighted by Gasteiger charge is 2.24. The third kappa shape index (κ3) is 4.02. The summed E-state index contributed by atoms with van der Waals surface area (Å²) < 4.78 is 0. The summed E-state index contributed by atoms with van der Waals surface area (Å²) in [6.07, 6.45) is 0. The van der Waals surface area contributed by atoms with Crippen LogP contribution in [0.15, 0.2) is 30.3 Å². The number of halogens is 1. The van der Waals surface area contributed by atoms with E-state index in [-0.39, 0.29) is 5.91 Å². The summed E-state index contributed by atoms with van der Waals surface area (Å²) >= 11 is 5.89. The zero-order valence-electron chi connectivity index (χ0n) is 14.7. The van der Waals surface area contributed by atoms with E-state index in [0.29, 0.717) is 23.7 Å². The van der Waals surface area contributed by atoms with E-state index in [1.54, 1.807) is 24.3 Å². The molecule has 132 valence electrons. The zero-order chi connectivity index (χ0) is 18.0. The predicted molar refractivity (Wildman–Crippen MR) is 101 cm³/mol. The molecule has 1 aliphatic heterocycles. The third-order valence-electron chi connectivity index (χ3n) is 4.23. The van der Waals surface area contributed by atoms with Crippen LogP contribution in [0.3, 0.4) is 0 Å². The molecule has 25 heavy (non-hydrogen) atoms. The Morgan fingerprint density at radius 1 is 1.08 bits per heavy atom. The zero-order valence-corrected chi connectivity index (χ0v) is 15.5. The van der Waals surface area contributed by atoms with Crippen LogP contribution >= 0.6 is 11.6 Å². The van der Waals surface area contributed by atoms with Gasteiger partial charge in [-0.15, -0.1) is 0 Å². The van der Waals surface area contributed by atoms with Crippen molar-refractivity contribution in [2.24, 2.45) is 0 Å². The minimum atomic E-state index is 0.0375. The molecular formula is C18H22ClN5O. The SMILES string of the molecule is Cc1cc(N(C)C)nc(N2CCN(C(=O)c3ccc(Cl)cc3)CC2)n1. The van der Waals surface area contributed by atoms with Gasteiger partial charge in [-0.05, 0) is 31.2 Å². The molecule has 0 bridgehead atoms. The molecule has 1 saturated heterocycles. The average Bonchev–Trinajstić information content (AvgIpc) is 2.61. The summed E-state index contributed by atoms with van der Waals surface area (Å²) in [5.41, 5.74) is 1.60. The second kappa shape index (κ2) is 7.27. The second-order valence-electron chi connectivity index (χ2n) is 6.35. The van der Waals surface area contributed by atoms with Gasteiger partial charge in [0.1, 0.15) is 5.82 Å². The summed E-state index contributed by atoms with van der Waals surface area (Å²) in [6, 6.07) is 8.99. The fourth-order valence-corrected chi connectivity index (χ4v) is 2.92. The van der Waals surface area contributed by atoms with Crippen molar-refractivity contribution in [1.82, 2.24) is 14.9 Å². The smallest absolute Gasteiger partial charge is 0.253 e. The molecule has 1 aliphatic rings. The maximum atomic E-state index is 12.6. The highest BCUT2D eigenvalue weighted by molar-refractivity contribution is 6.30. The molecule has 3 rings (SSSR count). The van der Waals surface area contributed by atoms with Gasteiger partial charge in [0.05, 0.1) is 0 Å². The molecule has 0 saturated carbocycles. The van der Waals surface area contributed by atoms with Crippen molar-refractivity contribution < 1.29 is 4.79 Å². The Balaban J connectivity index is 1.67. The van der Waals surface area contributed by atoms with Crippen molar-refractivity contribution in [2.45, 2.75) is 6.92 Å². The highest BCUT2D eigenvalue weighted by atomic mass is 35.5. The Morgan fingerprint density at radius 3 is 2.32 bits per heavy atom. The molecule has 7 heteroatoms. The van der Waals surface area contributed by atoms with Crippen molar-refractivity contribution >= 4 is 29.3 Å². The van der Waals surface area contributed by atoms with Crippen LogP contribution in [-0.4, -0.2) is 61.0 Å². The Bertz CT molecular complexity index is 755. The quantitative estimate of drug-likeness (QED) is 0.842. The number of anilines is 2. The van der Waals surface area contributed by atoms with Crippen molar-refractivity contribution in [1.29, 1.82) is 0 Å². The maximum absolute atomic E-state index is 12.6. The molecule has 1 fully saturated rings. The molecule has 0 radical (unpaired) electrons. The van der Waals surface area contributed by atoms with Gasteiger partial charge in [0.15, 0.2) is 0 Å². The minimum absolute atomic E-state index is 0.0375. The van der Waals surface area contributed by atoms with Gasteiger partial charge in [0.2, 0.25) is 5.95 Å². The first-order chi connectivity index (χ1) is 11.9. The molecule has 6 nitrogen and oxygen atoms in total. The van der Waals surface area contributed by atoms with Gasteiger partial charge in [-0.25, -0.2) is 4.98 Å². The Kier molecular flexibility index (Phi) is 5.08. The van der Waals surface area contributed by atoms with Gasteiger partial charge < -0.3 is 14.7 Å². The number of hydrogen-bond acceptors (Lipinski definition) is 5. The molecule has 0 spiro atoms. The Morgan fingerprint density at radius 2 is 1.72 bits per heavy atom. The van der Waals surface area contributed by atoms with E-state index in [0.717, 1.165) is 30.5 Å². The summed E-state index contributed by atoms with van der Waals surface area (Å²) in [4.78, 5) is 27.7. The fraction of sp³-hybridized carbons (Fsp3) is 0.389. The van der Waals surface area contributed by atoms with E-state index in [1.807, 2.05) is 36.9 Å². The number of aryl methyl sites for hydroxylation is 1. The van der Waals surface area contributed by atoms with Gasteiger partial charge in [0, 0.05) is 62.6 Å². The lowest BCUT2D eigenvalue weighted by Gasteiger charge is -2.35. The molecular weight excluding hydrogens is 338 g/mol. The lowest BCUT2D eigenvalue weighted by Crippen LogP contribution is -2.49. The van der Waals surface area contributed by atoms with Gasteiger partial charge in [-0.2, -0.15) is 4.98 Å². The highest BCUT2D eigenvalue weighted by Crippen LogP contribution is 2.18. The number of nitrogens with zero attached hydrogens (tertiary/aromatic N) is 5. The third-order valence-corrected chi connectivity index (χ3v) is 4.48. The van der Waals surface area contributed by atoms with Crippen LogP contribution < -0.4 is 9.80 Å². The molecule has 2 aromatic rings. The molecule has 0 unspecified atom stereocenters. The second-order valence-corrected chi connectivity index (χ2v) is 6.78. The molecule has 1 aromatic heterocycles. The lowest BCUT2D eigenvalue weighted by molar-refractivity contribution is 0.0746. The number of hydrogen-bond donors (Lipinski definition) is 0. The summed E-state index contributed by atoms with van der Waals surface area (Å²) in [7, 11) is 3.93. The molecule has 0 N–H and O–H groups in total. The number of carbonyl (C=O) groups excluding carboxylic acids is 1. The van der Waals surface area contributed by atoms with E-state index in [1.165, 1.54) is 0 Å². The van der Waals surface area contributed by atoms with Crippen molar-refractivity contribution in [2.75, 3.05) is 50.1 Å². The van der Waals surface area contributed by atoms with E-state index >= 15 is 0 Å². The van der Waals surface area contributed by atoms with Crippen molar-refractivity contribution in [3.05, 3.63) is 46.6 Å². The summed E-state index contributed by atoms with van der Waals surface area (Å²) in [5, 5.41) is 0.634. The fourth-order valence-electron chi connectivity index (χ4n) is 2.79. The molecule has 0 aliphatic carbocycles. The van der Waals surface area contributed by atoms with Crippen LogP contribution in [0.1, 0.15) is 16.1 Å². The van der Waals surface area contributed by atoms with E-state index in [9.17, 15) is 4.79 Å². The molecule has 1 aromatic carbocycles. The summed E-state index contributed by atoms with van der Waals surface area (Å²) in [6.45, 7) is 4.70. The topological polar surface area (TPSA) is 52.6 Å². The van der Waals surface area contributed by atoms with Gasteiger partial charge in [-0.1, -0.05) is 11.6 Å². The van der Waals surface area contributed by atoms with Crippen molar-refractivity contribution in [3.8, 4) is 0 Å². The summed E-state index contributed by atoms with van der Waals surface area (Å²) in [5.74, 6) is 1.65. The predicted octanol–water partition coefficient (Wildman–Crippen LogP) is 2.47. The number of piperazine rings is 1.